The van der Waals surface area contributed by atoms with Crippen LogP contribution in [0.5, 0.6) is 0 Å². The van der Waals surface area contributed by atoms with Crippen molar-refractivity contribution in [3.05, 3.63) is 35.4 Å². The summed E-state index contributed by atoms with van der Waals surface area (Å²) in [5.41, 5.74) is 2.43. The number of hydrogen-bond donors (Lipinski definition) is 1. The van der Waals surface area contributed by atoms with Gasteiger partial charge in [0.15, 0.2) is 0 Å². The van der Waals surface area contributed by atoms with Crippen LogP contribution in [-0.2, 0) is 10.5 Å². The van der Waals surface area contributed by atoms with Crippen molar-refractivity contribution in [3.63, 3.8) is 0 Å². The first-order valence-corrected chi connectivity index (χ1v) is 7.47. The number of carbonyl (C=O) groups excluding carboxylic acids is 1. The van der Waals surface area contributed by atoms with Crippen molar-refractivity contribution in [3.8, 4) is 0 Å². The van der Waals surface area contributed by atoms with Crippen LogP contribution in [0.15, 0.2) is 24.3 Å². The van der Waals surface area contributed by atoms with Gasteiger partial charge in [0.1, 0.15) is 0 Å². The normalized spacial score (nSPS) is 11.3. The smallest absolute Gasteiger partial charge is 0.225 e. The van der Waals surface area contributed by atoms with Gasteiger partial charge in [-0.15, -0.1) is 0 Å². The molecule has 0 aliphatic heterocycles. The lowest BCUT2D eigenvalue weighted by Crippen LogP contribution is -2.36. The van der Waals surface area contributed by atoms with E-state index in [1.165, 1.54) is 11.1 Å². The molecule has 0 aromatic heterocycles. The van der Waals surface area contributed by atoms with E-state index in [-0.39, 0.29) is 11.3 Å². The fourth-order valence-corrected chi connectivity index (χ4v) is 2.39. The first-order valence-electron chi connectivity index (χ1n) is 6.32. The van der Waals surface area contributed by atoms with Crippen molar-refractivity contribution in [2.45, 2.75) is 33.4 Å². The van der Waals surface area contributed by atoms with E-state index in [9.17, 15) is 4.79 Å². The lowest BCUT2D eigenvalue weighted by atomic mass is 9.96. The summed E-state index contributed by atoms with van der Waals surface area (Å²) < 4.78 is 0. The van der Waals surface area contributed by atoms with Crippen LogP contribution in [0.1, 0.15) is 31.9 Å². The summed E-state index contributed by atoms with van der Waals surface area (Å²) in [6.45, 7) is 8.68. The Labute approximate surface area is 115 Å². The summed E-state index contributed by atoms with van der Waals surface area (Å²) in [7, 11) is 0. The van der Waals surface area contributed by atoms with Gasteiger partial charge in [0, 0.05) is 23.5 Å². The van der Waals surface area contributed by atoms with E-state index in [0.29, 0.717) is 0 Å². The Kier molecular flexibility index (Phi) is 5.73. The SMILES string of the molecule is Cc1ccccc1CSCCNC(=O)C(C)(C)C. The van der Waals surface area contributed by atoms with Gasteiger partial charge >= 0.3 is 0 Å². The molecule has 0 bridgehead atoms. The second-order valence-electron chi connectivity index (χ2n) is 5.48. The molecule has 1 amide bonds. The number of rotatable bonds is 5. The summed E-state index contributed by atoms with van der Waals surface area (Å²) in [6.07, 6.45) is 0. The summed E-state index contributed by atoms with van der Waals surface area (Å²) in [6, 6.07) is 8.44. The van der Waals surface area contributed by atoms with E-state index in [1.54, 1.807) is 0 Å². The van der Waals surface area contributed by atoms with Gasteiger partial charge in [-0.25, -0.2) is 0 Å². The molecular weight excluding hydrogens is 242 g/mol. The molecule has 1 rings (SSSR count). The largest absolute Gasteiger partial charge is 0.355 e. The van der Waals surface area contributed by atoms with Crippen LogP contribution in [0.3, 0.4) is 0 Å². The predicted molar refractivity (Wildman–Crippen MR) is 79.8 cm³/mol. The fraction of sp³-hybridized carbons (Fsp3) is 0.533. The summed E-state index contributed by atoms with van der Waals surface area (Å²) >= 11 is 1.86. The Morgan fingerprint density at radius 3 is 2.56 bits per heavy atom. The van der Waals surface area contributed by atoms with Gasteiger partial charge in [-0.2, -0.15) is 11.8 Å². The first kappa shape index (κ1) is 15.1. The van der Waals surface area contributed by atoms with E-state index in [0.717, 1.165) is 18.1 Å². The minimum Gasteiger partial charge on any atom is -0.355 e. The van der Waals surface area contributed by atoms with E-state index < -0.39 is 0 Å². The Balaban J connectivity index is 2.20. The molecule has 1 aromatic rings. The van der Waals surface area contributed by atoms with Gasteiger partial charge in [-0.3, -0.25) is 4.79 Å². The van der Waals surface area contributed by atoms with Crippen molar-refractivity contribution in [2.24, 2.45) is 5.41 Å². The lowest BCUT2D eigenvalue weighted by molar-refractivity contribution is -0.128. The van der Waals surface area contributed by atoms with Crippen molar-refractivity contribution in [1.82, 2.24) is 5.32 Å². The van der Waals surface area contributed by atoms with Crippen molar-refractivity contribution < 1.29 is 4.79 Å². The molecule has 1 N–H and O–H groups in total. The number of hydrogen-bond acceptors (Lipinski definition) is 2. The van der Waals surface area contributed by atoms with Gasteiger partial charge in [0.25, 0.3) is 0 Å². The maximum Gasteiger partial charge on any atom is 0.225 e. The van der Waals surface area contributed by atoms with Crippen molar-refractivity contribution in [1.29, 1.82) is 0 Å². The molecule has 0 saturated heterocycles. The molecule has 18 heavy (non-hydrogen) atoms. The maximum atomic E-state index is 11.6. The minimum atomic E-state index is -0.291. The van der Waals surface area contributed by atoms with E-state index in [4.69, 9.17) is 0 Å². The van der Waals surface area contributed by atoms with Crippen LogP contribution in [-0.4, -0.2) is 18.2 Å². The number of carbonyl (C=O) groups is 1. The third-order valence-corrected chi connectivity index (χ3v) is 3.74. The number of aryl methyl sites for hydroxylation is 1. The molecule has 3 heteroatoms. The molecule has 100 valence electrons. The van der Waals surface area contributed by atoms with Crippen LogP contribution in [0.2, 0.25) is 0 Å². The zero-order valence-corrected chi connectivity index (χ0v) is 12.6. The van der Waals surface area contributed by atoms with Crippen molar-refractivity contribution >= 4 is 17.7 Å². The zero-order valence-electron chi connectivity index (χ0n) is 11.7. The van der Waals surface area contributed by atoms with Crippen LogP contribution in [0.4, 0.5) is 0 Å². The number of amides is 1. The molecule has 0 radical (unpaired) electrons. The first-order chi connectivity index (χ1) is 8.41. The Morgan fingerprint density at radius 1 is 1.28 bits per heavy atom. The highest BCUT2D eigenvalue weighted by molar-refractivity contribution is 7.98. The van der Waals surface area contributed by atoms with Gasteiger partial charge < -0.3 is 5.32 Å². The highest BCUT2D eigenvalue weighted by Gasteiger charge is 2.20. The van der Waals surface area contributed by atoms with Gasteiger partial charge in [0.2, 0.25) is 5.91 Å². The predicted octanol–water partition coefficient (Wildman–Crippen LogP) is 3.39. The van der Waals surface area contributed by atoms with E-state index >= 15 is 0 Å². The molecule has 0 aliphatic carbocycles. The molecule has 0 saturated carbocycles. The molecule has 0 fully saturated rings. The topological polar surface area (TPSA) is 29.1 Å². The standard InChI is InChI=1S/C15H23NOS/c1-12-7-5-6-8-13(12)11-18-10-9-16-14(17)15(2,3)4/h5-8H,9-11H2,1-4H3,(H,16,17). The summed E-state index contributed by atoms with van der Waals surface area (Å²) in [5.74, 6) is 2.09. The zero-order chi connectivity index (χ0) is 13.6. The van der Waals surface area contributed by atoms with Crippen molar-refractivity contribution in [2.75, 3.05) is 12.3 Å². The number of benzene rings is 1. The number of nitrogens with one attached hydrogen (secondary N) is 1. The monoisotopic (exact) mass is 265 g/mol. The van der Waals surface area contributed by atoms with Crippen LogP contribution in [0, 0.1) is 12.3 Å². The molecule has 0 spiro atoms. The minimum absolute atomic E-state index is 0.124. The quantitative estimate of drug-likeness (QED) is 0.827. The lowest BCUT2D eigenvalue weighted by Gasteiger charge is -2.17. The second kappa shape index (κ2) is 6.83. The fourth-order valence-electron chi connectivity index (χ4n) is 1.46. The van der Waals surface area contributed by atoms with Gasteiger partial charge in [-0.1, -0.05) is 45.0 Å². The molecule has 1 aromatic carbocycles. The van der Waals surface area contributed by atoms with Crippen LogP contribution in [0.25, 0.3) is 0 Å². The van der Waals surface area contributed by atoms with Gasteiger partial charge in [0.05, 0.1) is 0 Å². The molecule has 0 aliphatic rings. The highest BCUT2D eigenvalue weighted by atomic mass is 32.2. The molecule has 0 atom stereocenters. The summed E-state index contributed by atoms with van der Waals surface area (Å²) in [5, 5.41) is 2.96. The Bertz CT molecular complexity index is 396. The maximum absolute atomic E-state index is 11.6. The third kappa shape index (κ3) is 5.13. The Morgan fingerprint density at radius 2 is 1.94 bits per heavy atom. The van der Waals surface area contributed by atoms with E-state index in [1.807, 2.05) is 32.5 Å². The average Bonchev–Trinajstić information content (AvgIpc) is 2.29. The third-order valence-electron chi connectivity index (χ3n) is 2.73. The van der Waals surface area contributed by atoms with Crippen LogP contribution >= 0.6 is 11.8 Å². The molecule has 0 heterocycles. The average molecular weight is 265 g/mol. The number of thioether (sulfide) groups is 1. The molecule has 2 nitrogen and oxygen atoms in total. The molecule has 0 unspecified atom stereocenters. The Hall–Kier alpha value is -0.960. The second-order valence-corrected chi connectivity index (χ2v) is 6.59. The van der Waals surface area contributed by atoms with Crippen LogP contribution < -0.4 is 5.32 Å². The molecular formula is C15H23NOS. The van der Waals surface area contributed by atoms with Gasteiger partial charge in [-0.05, 0) is 18.1 Å². The summed E-state index contributed by atoms with van der Waals surface area (Å²) in [4.78, 5) is 11.6. The highest BCUT2D eigenvalue weighted by Crippen LogP contribution is 2.16. The van der Waals surface area contributed by atoms with E-state index in [2.05, 4.69) is 36.5 Å².